The Morgan fingerprint density at radius 1 is 1.18 bits per heavy atom. The Morgan fingerprint density at radius 2 is 1.88 bits per heavy atom. The highest BCUT2D eigenvalue weighted by atomic mass is 15.2. The first kappa shape index (κ1) is 12.9. The third-order valence-electron chi connectivity index (χ3n) is 4.17. The molecule has 0 aromatic carbocycles. The molecular weight excluding hydrogens is 210 g/mol. The van der Waals surface area contributed by atoms with Crippen molar-refractivity contribution in [1.29, 1.82) is 0 Å². The Balaban J connectivity index is 1.70. The Labute approximate surface area is 105 Å². The first-order valence-corrected chi connectivity index (χ1v) is 7.35. The molecule has 0 atom stereocenters. The number of likely N-dealkylation sites (N-methyl/N-ethyl adjacent to an activating group) is 1. The van der Waals surface area contributed by atoms with Crippen molar-refractivity contribution in [3.63, 3.8) is 0 Å². The number of nitrogens with two attached hydrogens (primary N) is 1. The average molecular weight is 237 g/mol. The van der Waals surface area contributed by atoms with Gasteiger partial charge in [0.2, 0.25) is 0 Å². The molecule has 0 amide bonds. The summed E-state index contributed by atoms with van der Waals surface area (Å²) in [6, 6.07) is 0.853. The summed E-state index contributed by atoms with van der Waals surface area (Å²) >= 11 is 0. The molecule has 2 aliphatic rings. The molecular formula is C14H27N3. The van der Waals surface area contributed by atoms with Gasteiger partial charge >= 0.3 is 0 Å². The van der Waals surface area contributed by atoms with Crippen LogP contribution < -0.4 is 5.73 Å². The molecule has 98 valence electrons. The summed E-state index contributed by atoms with van der Waals surface area (Å²) in [6.45, 7) is 5.39. The molecule has 2 fully saturated rings. The largest absolute Gasteiger partial charge is 0.387 e. The van der Waals surface area contributed by atoms with Crippen molar-refractivity contribution in [2.45, 2.75) is 57.9 Å². The van der Waals surface area contributed by atoms with Crippen LogP contribution in [-0.4, -0.2) is 36.4 Å². The molecule has 2 N–H and O–H groups in total. The van der Waals surface area contributed by atoms with Gasteiger partial charge in [-0.15, -0.1) is 0 Å². The highest BCUT2D eigenvalue weighted by molar-refractivity contribution is 5.82. The van der Waals surface area contributed by atoms with Gasteiger partial charge < -0.3 is 5.73 Å². The van der Waals surface area contributed by atoms with Crippen molar-refractivity contribution >= 4 is 5.84 Å². The second-order valence-electron chi connectivity index (χ2n) is 5.50. The monoisotopic (exact) mass is 237 g/mol. The lowest BCUT2D eigenvalue weighted by molar-refractivity contribution is 0.286. The molecule has 2 saturated carbocycles. The number of rotatable bonds is 6. The standard InChI is InChI=1S/C14H27N3/c1-2-17(13-8-9-13)11-10-16-14(15)12-6-4-3-5-7-12/h12-13H,2-11H2,1H3,(H2,15,16). The van der Waals surface area contributed by atoms with Crippen LogP contribution in [0.4, 0.5) is 0 Å². The summed E-state index contributed by atoms with van der Waals surface area (Å²) in [5.41, 5.74) is 6.10. The molecule has 3 heteroatoms. The normalized spacial score (nSPS) is 23.3. The molecule has 0 aliphatic heterocycles. The lowest BCUT2D eigenvalue weighted by Gasteiger charge is -2.22. The topological polar surface area (TPSA) is 41.6 Å². The molecule has 2 aliphatic carbocycles. The summed E-state index contributed by atoms with van der Waals surface area (Å²) in [6.07, 6.45) is 9.35. The first-order chi connectivity index (χ1) is 8.31. The maximum Gasteiger partial charge on any atom is 0.0968 e. The van der Waals surface area contributed by atoms with Crippen molar-refractivity contribution < 1.29 is 0 Å². The van der Waals surface area contributed by atoms with E-state index in [-0.39, 0.29) is 0 Å². The van der Waals surface area contributed by atoms with E-state index in [1.54, 1.807) is 0 Å². The summed E-state index contributed by atoms with van der Waals surface area (Å²) in [4.78, 5) is 7.14. The fraction of sp³-hybridized carbons (Fsp3) is 0.929. The summed E-state index contributed by atoms with van der Waals surface area (Å²) < 4.78 is 0. The fourth-order valence-electron chi connectivity index (χ4n) is 2.87. The van der Waals surface area contributed by atoms with Gasteiger partial charge in [-0.2, -0.15) is 0 Å². The lowest BCUT2D eigenvalue weighted by atomic mass is 9.88. The highest BCUT2D eigenvalue weighted by Gasteiger charge is 2.27. The number of hydrogen-bond donors (Lipinski definition) is 1. The number of hydrogen-bond acceptors (Lipinski definition) is 2. The SMILES string of the molecule is CCN(CCN=C(N)C1CCCCC1)C1CC1. The molecule has 0 bridgehead atoms. The third kappa shape index (κ3) is 3.98. The molecule has 3 nitrogen and oxygen atoms in total. The minimum Gasteiger partial charge on any atom is -0.387 e. The van der Waals surface area contributed by atoms with Gasteiger partial charge in [0, 0.05) is 18.5 Å². The van der Waals surface area contributed by atoms with Gasteiger partial charge in [0.25, 0.3) is 0 Å². The quantitative estimate of drug-likeness (QED) is 0.569. The predicted molar refractivity (Wildman–Crippen MR) is 73.3 cm³/mol. The smallest absolute Gasteiger partial charge is 0.0968 e. The Kier molecular flexibility index (Phi) is 4.84. The Bertz CT molecular complexity index is 252. The lowest BCUT2D eigenvalue weighted by Crippen LogP contribution is -2.30. The van der Waals surface area contributed by atoms with Crippen molar-refractivity contribution in [2.75, 3.05) is 19.6 Å². The maximum atomic E-state index is 6.10. The van der Waals surface area contributed by atoms with Crippen molar-refractivity contribution in [1.82, 2.24) is 4.90 Å². The van der Waals surface area contributed by atoms with Crippen LogP contribution in [0.1, 0.15) is 51.9 Å². The molecule has 0 unspecified atom stereocenters. The van der Waals surface area contributed by atoms with E-state index in [0.29, 0.717) is 5.92 Å². The zero-order valence-electron chi connectivity index (χ0n) is 11.2. The van der Waals surface area contributed by atoms with E-state index in [2.05, 4.69) is 16.8 Å². The van der Waals surface area contributed by atoms with E-state index < -0.39 is 0 Å². The summed E-state index contributed by atoms with van der Waals surface area (Å²) in [5, 5.41) is 0. The van der Waals surface area contributed by atoms with Crippen LogP contribution in [0.25, 0.3) is 0 Å². The molecule has 0 aromatic rings. The fourth-order valence-corrected chi connectivity index (χ4v) is 2.87. The van der Waals surface area contributed by atoms with Crippen LogP contribution in [0.2, 0.25) is 0 Å². The minimum atomic E-state index is 0.583. The third-order valence-corrected chi connectivity index (χ3v) is 4.17. The van der Waals surface area contributed by atoms with E-state index in [9.17, 15) is 0 Å². The average Bonchev–Trinajstić information content (AvgIpc) is 3.20. The summed E-state index contributed by atoms with van der Waals surface area (Å²) in [7, 11) is 0. The van der Waals surface area contributed by atoms with Gasteiger partial charge in [0.05, 0.1) is 12.4 Å². The van der Waals surface area contributed by atoms with E-state index in [4.69, 9.17) is 5.73 Å². The van der Waals surface area contributed by atoms with Crippen LogP contribution in [0, 0.1) is 5.92 Å². The molecule has 2 rings (SSSR count). The Morgan fingerprint density at radius 3 is 2.47 bits per heavy atom. The first-order valence-electron chi connectivity index (χ1n) is 7.35. The minimum absolute atomic E-state index is 0.583. The van der Waals surface area contributed by atoms with Gasteiger partial charge in [-0.1, -0.05) is 26.2 Å². The van der Waals surface area contributed by atoms with E-state index in [0.717, 1.165) is 31.5 Å². The molecule has 0 spiro atoms. The zero-order chi connectivity index (χ0) is 12.1. The molecule has 0 aromatic heterocycles. The molecule has 0 heterocycles. The number of nitrogens with zero attached hydrogens (tertiary/aromatic N) is 2. The van der Waals surface area contributed by atoms with Crippen molar-refractivity contribution in [3.05, 3.63) is 0 Å². The van der Waals surface area contributed by atoms with Crippen molar-refractivity contribution in [2.24, 2.45) is 16.6 Å². The van der Waals surface area contributed by atoms with Crippen LogP contribution in [0.5, 0.6) is 0 Å². The van der Waals surface area contributed by atoms with Gasteiger partial charge in [-0.25, -0.2) is 0 Å². The van der Waals surface area contributed by atoms with Crippen LogP contribution in [0.3, 0.4) is 0 Å². The van der Waals surface area contributed by atoms with E-state index >= 15 is 0 Å². The van der Waals surface area contributed by atoms with Crippen LogP contribution >= 0.6 is 0 Å². The zero-order valence-corrected chi connectivity index (χ0v) is 11.2. The Hall–Kier alpha value is -0.570. The molecule has 17 heavy (non-hydrogen) atoms. The van der Waals surface area contributed by atoms with Crippen LogP contribution in [-0.2, 0) is 0 Å². The van der Waals surface area contributed by atoms with Crippen LogP contribution in [0.15, 0.2) is 4.99 Å². The second-order valence-corrected chi connectivity index (χ2v) is 5.50. The second kappa shape index (κ2) is 6.39. The van der Waals surface area contributed by atoms with E-state index in [1.807, 2.05) is 0 Å². The molecule has 0 radical (unpaired) electrons. The van der Waals surface area contributed by atoms with Gasteiger partial charge in [-0.3, -0.25) is 9.89 Å². The highest BCUT2D eigenvalue weighted by Crippen LogP contribution is 2.26. The number of aliphatic imine (C=N–C) groups is 1. The van der Waals surface area contributed by atoms with Gasteiger partial charge in [0.1, 0.15) is 0 Å². The van der Waals surface area contributed by atoms with E-state index in [1.165, 1.54) is 44.9 Å². The number of amidine groups is 1. The van der Waals surface area contributed by atoms with Crippen molar-refractivity contribution in [3.8, 4) is 0 Å². The molecule has 0 saturated heterocycles. The maximum absolute atomic E-state index is 6.10. The predicted octanol–water partition coefficient (Wildman–Crippen LogP) is 2.41. The van der Waals surface area contributed by atoms with Gasteiger partial charge in [-0.05, 0) is 32.2 Å². The van der Waals surface area contributed by atoms with Gasteiger partial charge in [0.15, 0.2) is 0 Å². The summed E-state index contributed by atoms with van der Waals surface area (Å²) in [5.74, 6) is 1.51.